The fraction of sp³-hybridized carbons (Fsp3) is 0.200. The van der Waals surface area contributed by atoms with Crippen molar-refractivity contribution in [2.75, 3.05) is 17.2 Å². The van der Waals surface area contributed by atoms with E-state index in [-0.39, 0.29) is 0 Å². The van der Waals surface area contributed by atoms with E-state index in [0.717, 1.165) is 34.6 Å². The summed E-state index contributed by atoms with van der Waals surface area (Å²) in [6.45, 7) is 4.83. The van der Waals surface area contributed by atoms with Crippen LogP contribution in [-0.4, -0.2) is 16.5 Å². The van der Waals surface area contributed by atoms with E-state index < -0.39 is 0 Å². The van der Waals surface area contributed by atoms with Crippen molar-refractivity contribution in [3.05, 3.63) is 75.9 Å². The maximum Gasteiger partial charge on any atom is 0.224 e. The Morgan fingerprint density at radius 2 is 1.76 bits per heavy atom. The van der Waals surface area contributed by atoms with Crippen LogP contribution in [0.5, 0.6) is 0 Å². The summed E-state index contributed by atoms with van der Waals surface area (Å²) in [4.78, 5) is 9.03. The van der Waals surface area contributed by atoms with Crippen LogP contribution in [0.15, 0.2) is 59.1 Å². The molecule has 0 radical (unpaired) electrons. The van der Waals surface area contributed by atoms with Gasteiger partial charge in [-0.25, -0.2) is 4.98 Å². The Morgan fingerprint density at radius 1 is 0.960 bits per heavy atom. The molecule has 0 saturated heterocycles. The highest BCUT2D eigenvalue weighted by atomic mass is 79.9. The first kappa shape index (κ1) is 17.4. The third-order valence-corrected chi connectivity index (χ3v) is 4.69. The highest BCUT2D eigenvalue weighted by Gasteiger charge is 2.04. The van der Waals surface area contributed by atoms with Crippen LogP contribution in [0, 0.1) is 13.8 Å². The van der Waals surface area contributed by atoms with Crippen molar-refractivity contribution < 1.29 is 0 Å². The molecule has 1 heterocycles. The zero-order valence-electron chi connectivity index (χ0n) is 14.4. The Balaban J connectivity index is 1.66. The summed E-state index contributed by atoms with van der Waals surface area (Å²) in [7, 11) is 0. The van der Waals surface area contributed by atoms with Crippen molar-refractivity contribution in [3.8, 4) is 0 Å². The first-order valence-electron chi connectivity index (χ1n) is 8.27. The Labute approximate surface area is 156 Å². The number of hydrogen-bond donors (Lipinski definition) is 2. The molecular weight excluding hydrogens is 376 g/mol. The molecule has 3 rings (SSSR count). The molecule has 2 N–H and O–H groups in total. The van der Waals surface area contributed by atoms with Gasteiger partial charge in [-0.2, -0.15) is 4.98 Å². The van der Waals surface area contributed by atoms with Gasteiger partial charge in [-0.3, -0.25) is 0 Å². The SMILES string of the molecule is Cc1cc(Nc2ccc(C)c(Br)c2)nc(NCCc2ccccc2)n1. The zero-order valence-corrected chi connectivity index (χ0v) is 16.0. The molecule has 0 spiro atoms. The Bertz CT molecular complexity index is 850. The summed E-state index contributed by atoms with van der Waals surface area (Å²) < 4.78 is 1.07. The minimum absolute atomic E-state index is 0.643. The van der Waals surface area contributed by atoms with Crippen LogP contribution in [0.25, 0.3) is 0 Å². The second kappa shape index (κ2) is 8.12. The summed E-state index contributed by atoms with van der Waals surface area (Å²) in [6.07, 6.45) is 0.936. The van der Waals surface area contributed by atoms with Crippen molar-refractivity contribution in [3.63, 3.8) is 0 Å². The molecule has 0 amide bonds. The number of benzene rings is 2. The van der Waals surface area contributed by atoms with E-state index in [2.05, 4.69) is 79.9 Å². The second-order valence-corrected chi connectivity index (χ2v) is 6.82. The quantitative estimate of drug-likeness (QED) is 0.596. The fourth-order valence-electron chi connectivity index (χ4n) is 2.49. The van der Waals surface area contributed by atoms with Crippen LogP contribution < -0.4 is 10.6 Å². The van der Waals surface area contributed by atoms with Crippen molar-refractivity contribution in [2.45, 2.75) is 20.3 Å². The highest BCUT2D eigenvalue weighted by Crippen LogP contribution is 2.23. The van der Waals surface area contributed by atoms with Crippen molar-refractivity contribution >= 4 is 33.4 Å². The zero-order chi connectivity index (χ0) is 17.6. The Hall–Kier alpha value is -2.40. The maximum absolute atomic E-state index is 4.56. The van der Waals surface area contributed by atoms with E-state index in [1.165, 1.54) is 11.1 Å². The lowest BCUT2D eigenvalue weighted by Crippen LogP contribution is -2.09. The van der Waals surface area contributed by atoms with Crippen LogP contribution in [0.2, 0.25) is 0 Å². The van der Waals surface area contributed by atoms with Gasteiger partial charge in [-0.15, -0.1) is 0 Å². The van der Waals surface area contributed by atoms with Gasteiger partial charge in [0, 0.05) is 28.5 Å². The van der Waals surface area contributed by atoms with E-state index in [1.807, 2.05) is 25.1 Å². The first-order chi connectivity index (χ1) is 12.1. The van der Waals surface area contributed by atoms with E-state index in [9.17, 15) is 0 Å². The molecule has 2 aromatic carbocycles. The predicted octanol–water partition coefficient (Wildman–Crippen LogP) is 5.25. The van der Waals surface area contributed by atoms with E-state index in [4.69, 9.17) is 0 Å². The normalized spacial score (nSPS) is 10.5. The van der Waals surface area contributed by atoms with E-state index in [0.29, 0.717) is 5.95 Å². The molecule has 5 heteroatoms. The van der Waals surface area contributed by atoms with Gasteiger partial charge in [0.25, 0.3) is 0 Å². The third kappa shape index (κ3) is 5.03. The van der Waals surface area contributed by atoms with Crippen LogP contribution in [0.4, 0.5) is 17.5 Å². The number of hydrogen-bond acceptors (Lipinski definition) is 4. The average molecular weight is 397 g/mol. The number of nitrogens with zero attached hydrogens (tertiary/aromatic N) is 2. The molecule has 1 aromatic heterocycles. The highest BCUT2D eigenvalue weighted by molar-refractivity contribution is 9.10. The monoisotopic (exact) mass is 396 g/mol. The summed E-state index contributed by atoms with van der Waals surface area (Å²) in [6, 6.07) is 18.5. The lowest BCUT2D eigenvalue weighted by molar-refractivity contribution is 0.976. The Kier molecular flexibility index (Phi) is 5.66. The van der Waals surface area contributed by atoms with Crippen molar-refractivity contribution in [1.29, 1.82) is 0 Å². The molecule has 25 heavy (non-hydrogen) atoms. The maximum atomic E-state index is 4.56. The van der Waals surface area contributed by atoms with Gasteiger partial charge >= 0.3 is 0 Å². The standard InChI is InChI=1S/C20H21BrN4/c1-14-8-9-17(13-18(14)21)24-19-12-15(2)23-20(25-19)22-11-10-16-6-4-3-5-7-16/h3-9,12-13H,10-11H2,1-2H3,(H2,22,23,24,25). The fourth-order valence-corrected chi connectivity index (χ4v) is 2.87. The lowest BCUT2D eigenvalue weighted by atomic mass is 10.1. The topological polar surface area (TPSA) is 49.8 Å². The molecule has 128 valence electrons. The molecule has 0 fully saturated rings. The number of aryl methyl sites for hydroxylation is 2. The van der Waals surface area contributed by atoms with Gasteiger partial charge < -0.3 is 10.6 Å². The number of aromatic nitrogens is 2. The summed E-state index contributed by atoms with van der Waals surface area (Å²) in [5, 5.41) is 6.65. The smallest absolute Gasteiger partial charge is 0.224 e. The Morgan fingerprint density at radius 3 is 2.52 bits per heavy atom. The summed E-state index contributed by atoms with van der Waals surface area (Å²) >= 11 is 3.56. The largest absolute Gasteiger partial charge is 0.354 e. The minimum Gasteiger partial charge on any atom is -0.354 e. The molecular formula is C20H21BrN4. The van der Waals surface area contributed by atoms with Gasteiger partial charge in [0.2, 0.25) is 5.95 Å². The third-order valence-electron chi connectivity index (χ3n) is 3.84. The molecule has 0 aliphatic heterocycles. The molecule has 0 bridgehead atoms. The van der Waals surface area contributed by atoms with Crippen molar-refractivity contribution in [1.82, 2.24) is 9.97 Å². The summed E-state index contributed by atoms with van der Waals surface area (Å²) in [5.41, 5.74) is 4.41. The average Bonchev–Trinajstić information content (AvgIpc) is 2.59. The van der Waals surface area contributed by atoms with Crippen LogP contribution in [0.3, 0.4) is 0 Å². The summed E-state index contributed by atoms with van der Waals surface area (Å²) in [5.74, 6) is 1.43. The number of rotatable bonds is 6. The van der Waals surface area contributed by atoms with Gasteiger partial charge in [-0.05, 0) is 43.5 Å². The van der Waals surface area contributed by atoms with Gasteiger partial charge in [0.15, 0.2) is 0 Å². The van der Waals surface area contributed by atoms with Gasteiger partial charge in [0.05, 0.1) is 0 Å². The lowest BCUT2D eigenvalue weighted by Gasteiger charge is -2.11. The molecule has 0 unspecified atom stereocenters. The predicted molar refractivity (Wildman–Crippen MR) is 108 cm³/mol. The first-order valence-corrected chi connectivity index (χ1v) is 9.06. The number of anilines is 3. The second-order valence-electron chi connectivity index (χ2n) is 5.97. The van der Waals surface area contributed by atoms with Crippen molar-refractivity contribution in [2.24, 2.45) is 0 Å². The number of halogens is 1. The molecule has 3 aromatic rings. The van der Waals surface area contributed by atoms with Crippen LogP contribution in [0.1, 0.15) is 16.8 Å². The molecule has 0 aliphatic carbocycles. The van der Waals surface area contributed by atoms with Crippen LogP contribution in [-0.2, 0) is 6.42 Å². The molecule has 0 aliphatic rings. The molecule has 0 saturated carbocycles. The van der Waals surface area contributed by atoms with E-state index >= 15 is 0 Å². The minimum atomic E-state index is 0.643. The van der Waals surface area contributed by atoms with E-state index in [1.54, 1.807) is 0 Å². The molecule has 4 nitrogen and oxygen atoms in total. The van der Waals surface area contributed by atoms with Crippen LogP contribution >= 0.6 is 15.9 Å². The van der Waals surface area contributed by atoms with Gasteiger partial charge in [-0.1, -0.05) is 52.3 Å². The molecule has 0 atom stereocenters. The van der Waals surface area contributed by atoms with Gasteiger partial charge in [0.1, 0.15) is 5.82 Å². The number of nitrogens with one attached hydrogen (secondary N) is 2.